The fourth-order valence-electron chi connectivity index (χ4n) is 2.26. The van der Waals surface area contributed by atoms with Crippen molar-refractivity contribution in [1.82, 2.24) is 29.9 Å². The van der Waals surface area contributed by atoms with E-state index in [2.05, 4.69) is 34.3 Å². The average molecular weight is 290 g/mol. The number of amides is 1. The third-order valence-corrected chi connectivity index (χ3v) is 3.17. The Morgan fingerprint density at radius 3 is 2.67 bits per heavy atom. The predicted octanol–water partition coefficient (Wildman–Crippen LogP) is 1.22. The Morgan fingerprint density at radius 2 is 2.14 bits per heavy atom. The predicted molar refractivity (Wildman–Crippen MR) is 78.3 cm³/mol. The summed E-state index contributed by atoms with van der Waals surface area (Å²) in [5.41, 5.74) is 1.04. The molecular formula is C14H22N6O. The molecule has 0 fully saturated rings. The molecule has 2 aromatic rings. The van der Waals surface area contributed by atoms with Gasteiger partial charge in [0.2, 0.25) is 5.91 Å². The van der Waals surface area contributed by atoms with Gasteiger partial charge in [0.1, 0.15) is 18.7 Å². The van der Waals surface area contributed by atoms with Crippen LogP contribution in [0, 0.1) is 12.8 Å². The first-order valence-electron chi connectivity index (χ1n) is 7.08. The van der Waals surface area contributed by atoms with Crippen molar-refractivity contribution in [2.45, 2.75) is 39.8 Å². The molecule has 0 radical (unpaired) electrons. The Labute approximate surface area is 124 Å². The van der Waals surface area contributed by atoms with E-state index in [0.29, 0.717) is 5.92 Å². The van der Waals surface area contributed by atoms with Crippen LogP contribution in [0.2, 0.25) is 0 Å². The van der Waals surface area contributed by atoms with Crippen molar-refractivity contribution in [3.8, 4) is 0 Å². The van der Waals surface area contributed by atoms with Crippen LogP contribution in [0.25, 0.3) is 0 Å². The first-order chi connectivity index (χ1) is 9.95. The maximum absolute atomic E-state index is 12.2. The molecule has 2 aromatic heterocycles. The Hall–Kier alpha value is -2.18. The maximum Gasteiger partial charge on any atom is 0.242 e. The summed E-state index contributed by atoms with van der Waals surface area (Å²) in [5, 5.41) is 11.2. The molecule has 0 aromatic carbocycles. The zero-order valence-corrected chi connectivity index (χ0v) is 12.9. The summed E-state index contributed by atoms with van der Waals surface area (Å²) < 4.78 is 3.33. The third kappa shape index (κ3) is 4.14. The number of nitrogens with zero attached hydrogens (tertiary/aromatic N) is 5. The van der Waals surface area contributed by atoms with Crippen molar-refractivity contribution in [3.63, 3.8) is 0 Å². The van der Waals surface area contributed by atoms with Gasteiger partial charge in [0.15, 0.2) is 0 Å². The van der Waals surface area contributed by atoms with Gasteiger partial charge in [-0.15, -0.1) is 0 Å². The van der Waals surface area contributed by atoms with Gasteiger partial charge in [-0.05, 0) is 24.8 Å². The summed E-state index contributed by atoms with van der Waals surface area (Å²) in [5.74, 6) is 1.14. The van der Waals surface area contributed by atoms with Gasteiger partial charge in [-0.3, -0.25) is 14.2 Å². The molecule has 7 heteroatoms. The Balaban J connectivity index is 2.04. The number of hydrogen-bond acceptors (Lipinski definition) is 4. The Morgan fingerprint density at radius 1 is 1.38 bits per heavy atom. The van der Waals surface area contributed by atoms with Crippen LogP contribution < -0.4 is 5.32 Å². The minimum atomic E-state index is -0.137. The van der Waals surface area contributed by atoms with Gasteiger partial charge in [-0.25, -0.2) is 4.98 Å². The molecule has 1 unspecified atom stereocenters. The molecule has 0 saturated heterocycles. The number of carbonyl (C=O) groups is 1. The van der Waals surface area contributed by atoms with Crippen LogP contribution in [0.3, 0.4) is 0 Å². The standard InChI is InChI=1S/C14H22N6O/c1-10(2)5-12(14-15-9-17-19(14)4)18-13(21)8-20-7-11(3)6-16-20/h6-7,9-10,12H,5,8H2,1-4H3,(H,18,21). The summed E-state index contributed by atoms with van der Waals surface area (Å²) >= 11 is 0. The molecule has 2 heterocycles. The van der Waals surface area contributed by atoms with Crippen LogP contribution in [0.5, 0.6) is 0 Å². The Bertz CT molecular complexity index is 600. The molecule has 1 amide bonds. The molecule has 0 aliphatic rings. The van der Waals surface area contributed by atoms with Gasteiger partial charge < -0.3 is 5.32 Å². The topological polar surface area (TPSA) is 77.6 Å². The minimum absolute atomic E-state index is 0.0771. The molecule has 7 nitrogen and oxygen atoms in total. The molecule has 1 N–H and O–H groups in total. The van der Waals surface area contributed by atoms with Crippen molar-refractivity contribution in [1.29, 1.82) is 0 Å². The minimum Gasteiger partial charge on any atom is -0.344 e. The summed E-state index contributed by atoms with van der Waals surface area (Å²) in [6.45, 7) is 6.39. The second-order valence-corrected chi connectivity index (χ2v) is 5.71. The van der Waals surface area contributed by atoms with E-state index >= 15 is 0 Å². The molecule has 0 aliphatic carbocycles. The highest BCUT2D eigenvalue weighted by atomic mass is 16.2. The highest BCUT2D eigenvalue weighted by Gasteiger charge is 2.20. The quantitative estimate of drug-likeness (QED) is 0.868. The van der Waals surface area contributed by atoms with E-state index in [0.717, 1.165) is 17.8 Å². The molecule has 0 bridgehead atoms. The van der Waals surface area contributed by atoms with Crippen LogP contribution >= 0.6 is 0 Å². The van der Waals surface area contributed by atoms with Crippen LogP contribution in [-0.4, -0.2) is 30.5 Å². The van der Waals surface area contributed by atoms with Gasteiger partial charge >= 0.3 is 0 Å². The maximum atomic E-state index is 12.2. The molecule has 114 valence electrons. The number of carbonyl (C=O) groups excluding carboxylic acids is 1. The van der Waals surface area contributed by atoms with Gasteiger partial charge in [0.05, 0.1) is 12.2 Å². The Kier molecular flexibility index (Phi) is 4.72. The first kappa shape index (κ1) is 15.2. The summed E-state index contributed by atoms with van der Waals surface area (Å²) in [6, 6.07) is -0.137. The van der Waals surface area contributed by atoms with Gasteiger partial charge in [0, 0.05) is 13.2 Å². The lowest BCUT2D eigenvalue weighted by Gasteiger charge is -2.19. The molecule has 2 rings (SSSR count). The van der Waals surface area contributed by atoms with E-state index in [1.165, 1.54) is 6.33 Å². The fourth-order valence-corrected chi connectivity index (χ4v) is 2.26. The largest absolute Gasteiger partial charge is 0.344 e. The molecular weight excluding hydrogens is 268 g/mol. The van der Waals surface area contributed by atoms with E-state index < -0.39 is 0 Å². The monoisotopic (exact) mass is 290 g/mol. The average Bonchev–Trinajstić information content (AvgIpc) is 2.97. The summed E-state index contributed by atoms with van der Waals surface area (Å²) in [7, 11) is 1.83. The van der Waals surface area contributed by atoms with Crippen molar-refractivity contribution in [3.05, 3.63) is 30.1 Å². The highest BCUT2D eigenvalue weighted by molar-refractivity contribution is 5.76. The van der Waals surface area contributed by atoms with E-state index in [-0.39, 0.29) is 18.5 Å². The second kappa shape index (κ2) is 6.51. The smallest absolute Gasteiger partial charge is 0.242 e. The molecule has 21 heavy (non-hydrogen) atoms. The lowest BCUT2D eigenvalue weighted by molar-refractivity contribution is -0.122. The van der Waals surface area contributed by atoms with Crippen LogP contribution in [-0.2, 0) is 18.4 Å². The van der Waals surface area contributed by atoms with Gasteiger partial charge in [-0.1, -0.05) is 13.8 Å². The lowest BCUT2D eigenvalue weighted by Crippen LogP contribution is -2.34. The van der Waals surface area contributed by atoms with Crippen LogP contribution in [0.4, 0.5) is 0 Å². The number of nitrogens with one attached hydrogen (secondary N) is 1. The third-order valence-electron chi connectivity index (χ3n) is 3.17. The van der Waals surface area contributed by atoms with E-state index in [9.17, 15) is 4.79 Å². The van der Waals surface area contributed by atoms with E-state index in [1.54, 1.807) is 15.6 Å². The normalized spacial score (nSPS) is 12.6. The second-order valence-electron chi connectivity index (χ2n) is 5.71. The summed E-state index contributed by atoms with van der Waals surface area (Å²) in [6.07, 6.45) is 5.91. The number of aromatic nitrogens is 5. The van der Waals surface area contributed by atoms with Gasteiger partial charge in [0.25, 0.3) is 0 Å². The van der Waals surface area contributed by atoms with Crippen molar-refractivity contribution >= 4 is 5.91 Å². The zero-order chi connectivity index (χ0) is 15.4. The molecule has 0 saturated carbocycles. The number of hydrogen-bond donors (Lipinski definition) is 1. The highest BCUT2D eigenvalue weighted by Crippen LogP contribution is 2.18. The summed E-state index contributed by atoms with van der Waals surface area (Å²) in [4.78, 5) is 16.4. The van der Waals surface area contributed by atoms with Crippen molar-refractivity contribution in [2.24, 2.45) is 13.0 Å². The van der Waals surface area contributed by atoms with Gasteiger partial charge in [-0.2, -0.15) is 10.2 Å². The van der Waals surface area contributed by atoms with Crippen molar-refractivity contribution < 1.29 is 4.79 Å². The molecule has 0 aliphatic heterocycles. The lowest BCUT2D eigenvalue weighted by atomic mass is 10.0. The molecule has 0 spiro atoms. The molecule has 1 atom stereocenters. The first-order valence-corrected chi connectivity index (χ1v) is 7.08. The van der Waals surface area contributed by atoms with E-state index in [4.69, 9.17) is 0 Å². The van der Waals surface area contributed by atoms with E-state index in [1.807, 2.05) is 20.2 Å². The van der Waals surface area contributed by atoms with Crippen LogP contribution in [0.1, 0.15) is 37.7 Å². The number of rotatable bonds is 6. The van der Waals surface area contributed by atoms with Crippen LogP contribution in [0.15, 0.2) is 18.7 Å². The fraction of sp³-hybridized carbons (Fsp3) is 0.571. The SMILES string of the molecule is Cc1cnn(CC(=O)NC(CC(C)C)c2ncnn2C)c1. The zero-order valence-electron chi connectivity index (χ0n) is 12.9. The number of aryl methyl sites for hydroxylation is 2. The van der Waals surface area contributed by atoms with Crippen molar-refractivity contribution in [2.75, 3.05) is 0 Å².